The highest BCUT2D eigenvalue weighted by molar-refractivity contribution is 5.80. The lowest BCUT2D eigenvalue weighted by Gasteiger charge is -1.97. The molecule has 0 unspecified atom stereocenters. The maximum atomic E-state index is 10.6. The molecule has 0 radical (unpaired) electrons. The molecule has 0 aromatic carbocycles. The molecule has 0 atom stereocenters. The zero-order valence-corrected chi connectivity index (χ0v) is 6.78. The normalized spacial score (nSPS) is 9.42. The number of rotatable bonds is 5. The molecule has 0 bridgehead atoms. The largest absolute Gasteiger partial charge is 0.513 e. The molecule has 0 aromatic rings. The number of hydrogen-bond donors (Lipinski definition) is 2. The molecule has 0 amide bonds. The summed E-state index contributed by atoms with van der Waals surface area (Å²) in [6.07, 6.45) is 0.903. The topological polar surface area (TPSA) is 89.6 Å². The fourth-order valence-corrected chi connectivity index (χ4v) is 0.739. The van der Waals surface area contributed by atoms with Crippen molar-refractivity contribution in [3.8, 4) is 0 Å². The third-order valence-corrected chi connectivity index (χ3v) is 1.29. The van der Waals surface area contributed by atoms with Crippen LogP contribution in [-0.4, -0.2) is 23.8 Å². The van der Waals surface area contributed by atoms with Crippen LogP contribution in [-0.2, 0) is 9.53 Å². The second-order valence-corrected chi connectivity index (χ2v) is 2.34. The van der Waals surface area contributed by atoms with Crippen LogP contribution in [0.2, 0.25) is 0 Å². The van der Waals surface area contributed by atoms with Gasteiger partial charge in [0.05, 0.1) is 0 Å². The van der Waals surface area contributed by atoms with E-state index in [1.165, 1.54) is 0 Å². The van der Waals surface area contributed by atoms with Gasteiger partial charge in [0.1, 0.15) is 0 Å². The Morgan fingerprint density at radius 3 is 2.42 bits per heavy atom. The molecule has 0 fully saturated rings. The zero-order valence-electron chi connectivity index (χ0n) is 6.78. The highest BCUT2D eigenvalue weighted by Gasteiger charge is 2.06. The molecular formula is C7H13NO4. The van der Waals surface area contributed by atoms with Crippen LogP contribution in [0.15, 0.2) is 0 Å². The molecular weight excluding hydrogens is 162 g/mol. The van der Waals surface area contributed by atoms with Crippen LogP contribution in [0.4, 0.5) is 4.79 Å². The van der Waals surface area contributed by atoms with Gasteiger partial charge in [0.15, 0.2) is 0 Å². The van der Waals surface area contributed by atoms with Gasteiger partial charge in [-0.3, -0.25) is 4.79 Å². The summed E-state index contributed by atoms with van der Waals surface area (Å²) < 4.78 is 3.88. The van der Waals surface area contributed by atoms with E-state index in [-0.39, 0.29) is 6.42 Å². The molecule has 0 rings (SSSR count). The fourth-order valence-electron chi connectivity index (χ4n) is 0.739. The second-order valence-electron chi connectivity index (χ2n) is 2.34. The minimum absolute atomic E-state index is 0.145. The Kier molecular flexibility index (Phi) is 6.00. The predicted molar refractivity (Wildman–Crippen MR) is 41.6 cm³/mol. The van der Waals surface area contributed by atoms with E-state index in [1.54, 1.807) is 0 Å². The van der Waals surface area contributed by atoms with Crippen LogP contribution in [0.3, 0.4) is 0 Å². The molecule has 0 aromatic heterocycles. The lowest BCUT2D eigenvalue weighted by Crippen LogP contribution is -2.09. The molecule has 70 valence electrons. The molecule has 0 saturated heterocycles. The summed E-state index contributed by atoms with van der Waals surface area (Å²) in [5.74, 6) is -0.695. The van der Waals surface area contributed by atoms with Gasteiger partial charge < -0.3 is 15.6 Å². The van der Waals surface area contributed by atoms with E-state index >= 15 is 0 Å². The summed E-state index contributed by atoms with van der Waals surface area (Å²) in [5, 5.41) is 8.02. The van der Waals surface area contributed by atoms with Crippen molar-refractivity contribution in [3.63, 3.8) is 0 Å². The molecule has 0 aliphatic rings. The van der Waals surface area contributed by atoms with Crippen molar-refractivity contribution in [1.82, 2.24) is 0 Å². The minimum atomic E-state index is -1.54. The molecule has 0 heterocycles. The number of ether oxygens (including phenoxy) is 1. The Labute approximate surface area is 70.5 Å². The Morgan fingerprint density at radius 1 is 1.25 bits per heavy atom. The summed E-state index contributed by atoms with van der Waals surface area (Å²) in [7, 11) is 0. The van der Waals surface area contributed by atoms with E-state index in [1.807, 2.05) is 0 Å². The fraction of sp³-hybridized carbons (Fsp3) is 0.714. The average Bonchev–Trinajstić information content (AvgIpc) is 1.97. The van der Waals surface area contributed by atoms with Gasteiger partial charge in [0.2, 0.25) is 0 Å². The van der Waals surface area contributed by atoms with Crippen molar-refractivity contribution in [3.05, 3.63) is 0 Å². The number of hydrogen-bond acceptors (Lipinski definition) is 4. The third kappa shape index (κ3) is 7.01. The SMILES string of the molecule is NCCCCCC(=O)OC(=O)O. The molecule has 0 aliphatic heterocycles. The lowest BCUT2D eigenvalue weighted by molar-refractivity contribution is -0.139. The Balaban J connectivity index is 3.26. The van der Waals surface area contributed by atoms with E-state index in [0.29, 0.717) is 13.0 Å². The number of esters is 1. The highest BCUT2D eigenvalue weighted by Crippen LogP contribution is 2.00. The van der Waals surface area contributed by atoms with E-state index in [0.717, 1.165) is 12.8 Å². The minimum Gasteiger partial charge on any atom is -0.449 e. The van der Waals surface area contributed by atoms with Gasteiger partial charge in [-0.15, -0.1) is 0 Å². The van der Waals surface area contributed by atoms with Crippen molar-refractivity contribution >= 4 is 12.1 Å². The predicted octanol–water partition coefficient (Wildman–Crippen LogP) is 0.727. The van der Waals surface area contributed by atoms with Crippen LogP contribution in [0.25, 0.3) is 0 Å². The van der Waals surface area contributed by atoms with Gasteiger partial charge in [-0.05, 0) is 19.4 Å². The summed E-state index contributed by atoms with van der Waals surface area (Å²) >= 11 is 0. The van der Waals surface area contributed by atoms with Gasteiger partial charge in [-0.2, -0.15) is 0 Å². The molecule has 12 heavy (non-hydrogen) atoms. The monoisotopic (exact) mass is 175 g/mol. The molecule has 0 spiro atoms. The van der Waals surface area contributed by atoms with Crippen molar-refractivity contribution in [2.75, 3.05) is 6.54 Å². The molecule has 5 nitrogen and oxygen atoms in total. The zero-order chi connectivity index (χ0) is 9.40. The summed E-state index contributed by atoms with van der Waals surface area (Å²) in [6.45, 7) is 0.591. The van der Waals surface area contributed by atoms with Crippen molar-refractivity contribution in [2.45, 2.75) is 25.7 Å². The van der Waals surface area contributed by atoms with Crippen LogP contribution in [0, 0.1) is 0 Å². The van der Waals surface area contributed by atoms with Gasteiger partial charge in [-0.1, -0.05) is 6.42 Å². The summed E-state index contributed by atoms with van der Waals surface area (Å²) in [5.41, 5.74) is 5.22. The standard InChI is InChI=1S/C7H13NO4/c8-5-3-1-2-4-6(9)12-7(10)11/h1-5,8H2,(H,10,11). The van der Waals surface area contributed by atoms with Crippen molar-refractivity contribution in [2.24, 2.45) is 5.73 Å². The Morgan fingerprint density at radius 2 is 1.92 bits per heavy atom. The van der Waals surface area contributed by atoms with Crippen LogP contribution < -0.4 is 5.73 Å². The van der Waals surface area contributed by atoms with Crippen LogP contribution in [0.5, 0.6) is 0 Å². The van der Waals surface area contributed by atoms with Crippen molar-refractivity contribution < 1.29 is 19.4 Å². The van der Waals surface area contributed by atoms with Gasteiger partial charge in [-0.25, -0.2) is 4.79 Å². The number of unbranched alkanes of at least 4 members (excludes halogenated alkanes) is 2. The molecule has 0 saturated carbocycles. The first-order chi connectivity index (χ1) is 5.66. The van der Waals surface area contributed by atoms with Gasteiger partial charge in [0, 0.05) is 6.42 Å². The summed E-state index contributed by atoms with van der Waals surface area (Å²) in [4.78, 5) is 20.4. The molecule has 3 N–H and O–H groups in total. The van der Waals surface area contributed by atoms with E-state index < -0.39 is 12.1 Å². The molecule has 5 heteroatoms. The van der Waals surface area contributed by atoms with E-state index in [4.69, 9.17) is 10.8 Å². The Hall–Kier alpha value is -1.10. The lowest BCUT2D eigenvalue weighted by atomic mass is 10.2. The first-order valence-electron chi connectivity index (χ1n) is 3.80. The number of carboxylic acid groups (broad SMARTS) is 1. The number of nitrogens with two attached hydrogens (primary N) is 1. The highest BCUT2D eigenvalue weighted by atomic mass is 16.7. The Bertz CT molecular complexity index is 157. The van der Waals surface area contributed by atoms with Crippen LogP contribution >= 0.6 is 0 Å². The average molecular weight is 175 g/mol. The summed E-state index contributed by atoms with van der Waals surface area (Å²) in [6, 6.07) is 0. The van der Waals surface area contributed by atoms with E-state index in [9.17, 15) is 9.59 Å². The van der Waals surface area contributed by atoms with Crippen LogP contribution in [0.1, 0.15) is 25.7 Å². The second kappa shape index (κ2) is 6.60. The van der Waals surface area contributed by atoms with Gasteiger partial charge >= 0.3 is 12.1 Å². The van der Waals surface area contributed by atoms with Gasteiger partial charge in [0.25, 0.3) is 0 Å². The first-order valence-corrected chi connectivity index (χ1v) is 3.80. The number of carbonyl (C=O) groups excluding carboxylic acids is 1. The quantitative estimate of drug-likeness (QED) is 0.365. The smallest absolute Gasteiger partial charge is 0.449 e. The van der Waals surface area contributed by atoms with E-state index in [2.05, 4.69) is 4.74 Å². The maximum Gasteiger partial charge on any atom is 0.513 e. The maximum absolute atomic E-state index is 10.6. The number of carbonyl (C=O) groups is 2. The first kappa shape index (κ1) is 10.9. The molecule has 0 aliphatic carbocycles. The third-order valence-electron chi connectivity index (χ3n) is 1.29. The van der Waals surface area contributed by atoms with Crippen molar-refractivity contribution in [1.29, 1.82) is 0 Å².